The van der Waals surface area contributed by atoms with Crippen molar-refractivity contribution >= 4 is 17.4 Å². The first-order valence-electron chi connectivity index (χ1n) is 5.73. The average Bonchev–Trinajstić information content (AvgIpc) is 2.32. The molecule has 0 N–H and O–H groups in total. The van der Waals surface area contributed by atoms with Crippen LogP contribution in [0.5, 0.6) is 0 Å². The molecular weight excluding hydrogens is 238 g/mol. The highest BCUT2D eigenvalue weighted by atomic mass is 35.5. The molecule has 1 atom stereocenters. The van der Waals surface area contributed by atoms with E-state index in [1.807, 2.05) is 25.2 Å². The molecule has 17 heavy (non-hydrogen) atoms. The molecule has 1 saturated heterocycles. The van der Waals surface area contributed by atoms with Crippen molar-refractivity contribution in [2.75, 3.05) is 26.7 Å². The van der Waals surface area contributed by atoms with Gasteiger partial charge in [-0.2, -0.15) is 0 Å². The molecule has 0 aromatic heterocycles. The van der Waals surface area contributed by atoms with Crippen LogP contribution >= 0.6 is 11.6 Å². The van der Waals surface area contributed by atoms with E-state index in [1.54, 1.807) is 6.07 Å². The van der Waals surface area contributed by atoms with Gasteiger partial charge in [0.05, 0.1) is 6.61 Å². The third-order valence-electron chi connectivity index (χ3n) is 2.95. The van der Waals surface area contributed by atoms with Crippen LogP contribution in [0.15, 0.2) is 24.3 Å². The second kappa shape index (κ2) is 5.63. The predicted molar refractivity (Wildman–Crippen MR) is 67.4 cm³/mol. The number of Topliss-reactive ketones (excluding diaryl/α,β-unsaturated/α-hetero) is 1. The number of carbonyl (C=O) groups is 1. The number of ether oxygens (including phenoxy) is 1. The fourth-order valence-corrected chi connectivity index (χ4v) is 2.12. The zero-order chi connectivity index (χ0) is 12.3. The summed E-state index contributed by atoms with van der Waals surface area (Å²) in [5.41, 5.74) is 0.871. The number of benzene rings is 1. The van der Waals surface area contributed by atoms with E-state index in [4.69, 9.17) is 16.3 Å². The molecule has 1 aliphatic heterocycles. The van der Waals surface area contributed by atoms with Crippen molar-refractivity contribution in [2.24, 2.45) is 0 Å². The van der Waals surface area contributed by atoms with Gasteiger partial charge in [-0.05, 0) is 18.7 Å². The van der Waals surface area contributed by atoms with Crippen molar-refractivity contribution in [3.63, 3.8) is 0 Å². The molecule has 3 nitrogen and oxygen atoms in total. The Labute approximate surface area is 106 Å². The van der Waals surface area contributed by atoms with Gasteiger partial charge in [0.1, 0.15) is 6.10 Å². The maximum Gasteiger partial charge on any atom is 0.167 e. The molecule has 1 unspecified atom stereocenters. The highest BCUT2D eigenvalue weighted by molar-refractivity contribution is 6.31. The quantitative estimate of drug-likeness (QED) is 0.823. The molecular formula is C13H16ClNO2. The lowest BCUT2D eigenvalue weighted by Crippen LogP contribution is -2.44. The predicted octanol–water partition coefficient (Wildman–Crippen LogP) is 1.78. The minimum atomic E-state index is -0.315. The topological polar surface area (TPSA) is 29.5 Å². The highest BCUT2D eigenvalue weighted by Crippen LogP contribution is 2.17. The van der Waals surface area contributed by atoms with Gasteiger partial charge < -0.3 is 9.64 Å². The average molecular weight is 254 g/mol. The van der Waals surface area contributed by atoms with E-state index in [1.165, 1.54) is 0 Å². The molecule has 0 saturated carbocycles. The second-order valence-electron chi connectivity index (χ2n) is 4.36. The van der Waals surface area contributed by atoms with Crippen molar-refractivity contribution in [2.45, 2.75) is 12.5 Å². The van der Waals surface area contributed by atoms with Crippen molar-refractivity contribution in [3.8, 4) is 0 Å². The fraction of sp³-hybridized carbons (Fsp3) is 0.462. The minimum absolute atomic E-state index is 0.102. The van der Waals surface area contributed by atoms with Crippen LogP contribution in [-0.4, -0.2) is 43.5 Å². The lowest BCUT2D eigenvalue weighted by molar-refractivity contribution is -0.134. The molecule has 1 fully saturated rings. The van der Waals surface area contributed by atoms with Crippen LogP contribution in [0.4, 0.5) is 0 Å². The van der Waals surface area contributed by atoms with Crippen LogP contribution in [0.3, 0.4) is 0 Å². The Kier molecular flexibility index (Phi) is 4.15. The largest absolute Gasteiger partial charge is 0.368 e. The molecule has 92 valence electrons. The summed E-state index contributed by atoms with van der Waals surface area (Å²) in [7, 11) is 2.00. The van der Waals surface area contributed by atoms with Gasteiger partial charge in [-0.1, -0.05) is 29.8 Å². The molecule has 0 radical (unpaired) electrons. The van der Waals surface area contributed by atoms with E-state index >= 15 is 0 Å². The number of rotatable bonds is 3. The van der Waals surface area contributed by atoms with Gasteiger partial charge in [0, 0.05) is 24.5 Å². The summed E-state index contributed by atoms with van der Waals surface area (Å²) < 4.78 is 5.49. The molecule has 0 spiro atoms. The number of ketones is 1. The van der Waals surface area contributed by atoms with E-state index < -0.39 is 0 Å². The van der Waals surface area contributed by atoms with Gasteiger partial charge in [-0.15, -0.1) is 0 Å². The van der Waals surface area contributed by atoms with Gasteiger partial charge in [0.25, 0.3) is 0 Å². The summed E-state index contributed by atoms with van der Waals surface area (Å²) in [5.74, 6) is 0.102. The maximum atomic E-state index is 12.1. The Balaban J connectivity index is 1.99. The normalized spacial score (nSPS) is 21.4. The first kappa shape index (κ1) is 12.6. The van der Waals surface area contributed by atoms with Gasteiger partial charge in [-0.25, -0.2) is 0 Å². The molecule has 4 heteroatoms. The van der Waals surface area contributed by atoms with E-state index in [-0.39, 0.29) is 11.9 Å². The van der Waals surface area contributed by atoms with E-state index in [0.29, 0.717) is 24.6 Å². The second-order valence-corrected chi connectivity index (χ2v) is 4.76. The number of carbonyl (C=O) groups excluding carboxylic acids is 1. The molecule has 1 aromatic rings. The van der Waals surface area contributed by atoms with Gasteiger partial charge in [0.2, 0.25) is 0 Å². The Hall–Kier alpha value is -0.900. The molecule has 1 aliphatic rings. The van der Waals surface area contributed by atoms with Crippen LogP contribution < -0.4 is 0 Å². The first-order chi connectivity index (χ1) is 8.16. The van der Waals surface area contributed by atoms with Crippen molar-refractivity contribution in [3.05, 3.63) is 34.9 Å². The summed E-state index contributed by atoms with van der Waals surface area (Å²) in [6.45, 7) is 2.18. The van der Waals surface area contributed by atoms with E-state index in [9.17, 15) is 4.79 Å². The number of nitrogens with zero attached hydrogens (tertiary/aromatic N) is 1. The standard InChI is InChI=1S/C13H16ClNO2/c1-15-6-7-17-13(9-15)12(16)8-10-4-2-3-5-11(10)14/h2-5,13H,6-9H2,1H3. The van der Waals surface area contributed by atoms with Crippen molar-refractivity contribution in [1.29, 1.82) is 0 Å². The Morgan fingerprint density at radius 2 is 2.29 bits per heavy atom. The lowest BCUT2D eigenvalue weighted by Gasteiger charge is -2.29. The summed E-state index contributed by atoms with van der Waals surface area (Å²) in [5, 5.41) is 0.644. The van der Waals surface area contributed by atoms with Crippen LogP contribution in [0.2, 0.25) is 5.02 Å². The van der Waals surface area contributed by atoms with Gasteiger partial charge >= 0.3 is 0 Å². The monoisotopic (exact) mass is 253 g/mol. The van der Waals surface area contributed by atoms with E-state index in [0.717, 1.165) is 12.1 Å². The highest BCUT2D eigenvalue weighted by Gasteiger charge is 2.24. The Bertz CT molecular complexity index is 408. The summed E-state index contributed by atoms with van der Waals surface area (Å²) >= 11 is 6.03. The molecule has 2 rings (SSSR count). The smallest absolute Gasteiger partial charge is 0.167 e. The lowest BCUT2D eigenvalue weighted by atomic mass is 10.0. The number of morpholine rings is 1. The molecule has 1 aromatic carbocycles. The molecule has 0 bridgehead atoms. The molecule has 1 heterocycles. The summed E-state index contributed by atoms with van der Waals surface area (Å²) in [6, 6.07) is 7.44. The first-order valence-corrected chi connectivity index (χ1v) is 6.11. The molecule has 0 aliphatic carbocycles. The van der Waals surface area contributed by atoms with Crippen LogP contribution in [-0.2, 0) is 16.0 Å². The van der Waals surface area contributed by atoms with Gasteiger partial charge in [0.15, 0.2) is 5.78 Å². The van der Waals surface area contributed by atoms with Crippen molar-refractivity contribution < 1.29 is 9.53 Å². The van der Waals surface area contributed by atoms with Gasteiger partial charge in [-0.3, -0.25) is 4.79 Å². The van der Waals surface area contributed by atoms with E-state index in [2.05, 4.69) is 4.90 Å². The number of hydrogen-bond donors (Lipinski definition) is 0. The zero-order valence-electron chi connectivity index (χ0n) is 9.86. The SMILES string of the molecule is CN1CCOC(C(=O)Cc2ccccc2Cl)C1. The summed E-state index contributed by atoms with van der Waals surface area (Å²) in [6.07, 6.45) is 0.0306. The molecule has 0 amide bonds. The Morgan fingerprint density at radius 1 is 1.53 bits per heavy atom. The minimum Gasteiger partial charge on any atom is -0.368 e. The van der Waals surface area contributed by atoms with Crippen LogP contribution in [0, 0.1) is 0 Å². The van der Waals surface area contributed by atoms with Crippen LogP contribution in [0.25, 0.3) is 0 Å². The maximum absolute atomic E-state index is 12.1. The zero-order valence-corrected chi connectivity index (χ0v) is 10.6. The van der Waals surface area contributed by atoms with Crippen molar-refractivity contribution in [1.82, 2.24) is 4.90 Å². The fourth-order valence-electron chi connectivity index (χ4n) is 1.92. The number of hydrogen-bond acceptors (Lipinski definition) is 3. The summed E-state index contributed by atoms with van der Waals surface area (Å²) in [4.78, 5) is 14.2. The number of halogens is 1. The van der Waals surface area contributed by atoms with Crippen LogP contribution in [0.1, 0.15) is 5.56 Å². The Morgan fingerprint density at radius 3 is 3.00 bits per heavy atom. The third kappa shape index (κ3) is 3.28. The number of likely N-dealkylation sites (N-methyl/N-ethyl adjacent to an activating group) is 1. The third-order valence-corrected chi connectivity index (χ3v) is 3.32.